The smallest absolute Gasteiger partial charge is 0.0589 e. The fourth-order valence-corrected chi connectivity index (χ4v) is 2.03. The van der Waals surface area contributed by atoms with Crippen LogP contribution in [-0.4, -0.2) is 29.2 Å². The Morgan fingerprint density at radius 2 is 1.81 bits per heavy atom. The van der Waals surface area contributed by atoms with Crippen LogP contribution in [0.1, 0.15) is 26.3 Å². The maximum Gasteiger partial charge on any atom is 0.0589 e. The van der Waals surface area contributed by atoms with E-state index in [0.717, 1.165) is 13.1 Å². The van der Waals surface area contributed by atoms with Crippen LogP contribution in [-0.2, 0) is 6.54 Å². The Labute approximate surface area is 98.9 Å². The van der Waals surface area contributed by atoms with Crippen LogP contribution >= 0.6 is 0 Å². The fourth-order valence-electron chi connectivity index (χ4n) is 2.03. The second kappa shape index (κ2) is 6.66. The molecular weight excluding hydrogens is 198 g/mol. The molecule has 2 heteroatoms. The second-order valence-electron chi connectivity index (χ2n) is 4.54. The summed E-state index contributed by atoms with van der Waals surface area (Å²) < 4.78 is 0. The van der Waals surface area contributed by atoms with E-state index in [1.54, 1.807) is 0 Å². The van der Waals surface area contributed by atoms with E-state index in [-0.39, 0.29) is 12.6 Å². The van der Waals surface area contributed by atoms with Gasteiger partial charge < -0.3 is 5.11 Å². The number of nitrogens with zero attached hydrogens (tertiary/aromatic N) is 1. The van der Waals surface area contributed by atoms with Gasteiger partial charge in [-0.2, -0.15) is 0 Å². The molecule has 0 fully saturated rings. The molecule has 0 amide bonds. The summed E-state index contributed by atoms with van der Waals surface area (Å²) in [7, 11) is 0. The van der Waals surface area contributed by atoms with Gasteiger partial charge in [0, 0.05) is 12.6 Å². The van der Waals surface area contributed by atoms with Crippen molar-refractivity contribution in [3.05, 3.63) is 35.9 Å². The van der Waals surface area contributed by atoms with Crippen LogP contribution in [0, 0.1) is 5.92 Å². The third-order valence-corrected chi connectivity index (χ3v) is 3.06. The van der Waals surface area contributed by atoms with Crippen molar-refractivity contribution in [3.63, 3.8) is 0 Å². The Morgan fingerprint density at radius 1 is 1.19 bits per heavy atom. The predicted molar refractivity (Wildman–Crippen MR) is 68.2 cm³/mol. The van der Waals surface area contributed by atoms with Gasteiger partial charge in [-0.1, -0.05) is 51.1 Å². The van der Waals surface area contributed by atoms with Crippen LogP contribution in [0.15, 0.2) is 30.3 Å². The highest BCUT2D eigenvalue weighted by Crippen LogP contribution is 2.14. The molecule has 0 radical (unpaired) electrons. The van der Waals surface area contributed by atoms with E-state index in [9.17, 15) is 5.11 Å². The number of rotatable bonds is 6. The average molecular weight is 221 g/mol. The van der Waals surface area contributed by atoms with Crippen molar-refractivity contribution in [2.45, 2.75) is 33.4 Å². The van der Waals surface area contributed by atoms with Gasteiger partial charge in [0.1, 0.15) is 0 Å². The number of benzene rings is 1. The molecule has 2 nitrogen and oxygen atoms in total. The molecule has 0 heterocycles. The van der Waals surface area contributed by atoms with Crippen LogP contribution in [0.3, 0.4) is 0 Å². The molecule has 1 rings (SSSR count). The van der Waals surface area contributed by atoms with E-state index in [2.05, 4.69) is 49.9 Å². The van der Waals surface area contributed by atoms with Crippen LogP contribution in [0.25, 0.3) is 0 Å². The molecule has 1 atom stereocenters. The van der Waals surface area contributed by atoms with Gasteiger partial charge >= 0.3 is 0 Å². The van der Waals surface area contributed by atoms with Crippen LogP contribution in [0.5, 0.6) is 0 Å². The van der Waals surface area contributed by atoms with Crippen molar-refractivity contribution < 1.29 is 5.11 Å². The first-order valence-corrected chi connectivity index (χ1v) is 6.07. The highest BCUT2D eigenvalue weighted by Gasteiger charge is 2.19. The van der Waals surface area contributed by atoms with Crippen molar-refractivity contribution in [1.29, 1.82) is 0 Å². The molecule has 0 aromatic heterocycles. The fraction of sp³-hybridized carbons (Fsp3) is 0.571. The molecule has 0 aliphatic rings. The third-order valence-electron chi connectivity index (χ3n) is 3.06. The van der Waals surface area contributed by atoms with Gasteiger partial charge in [0.15, 0.2) is 0 Å². The number of aliphatic hydroxyl groups is 1. The van der Waals surface area contributed by atoms with E-state index in [4.69, 9.17) is 0 Å². The molecule has 0 saturated carbocycles. The largest absolute Gasteiger partial charge is 0.395 e. The van der Waals surface area contributed by atoms with Gasteiger partial charge in [0.05, 0.1) is 6.61 Å². The van der Waals surface area contributed by atoms with Gasteiger partial charge in [0.25, 0.3) is 0 Å². The Hall–Kier alpha value is -0.860. The zero-order valence-corrected chi connectivity index (χ0v) is 10.6. The van der Waals surface area contributed by atoms with E-state index >= 15 is 0 Å². The molecule has 1 N–H and O–H groups in total. The molecule has 0 saturated heterocycles. The van der Waals surface area contributed by atoms with Crippen molar-refractivity contribution in [2.24, 2.45) is 5.92 Å². The Balaban J connectivity index is 2.68. The molecule has 90 valence electrons. The molecule has 0 bridgehead atoms. The summed E-state index contributed by atoms with van der Waals surface area (Å²) >= 11 is 0. The molecule has 1 unspecified atom stereocenters. The van der Waals surface area contributed by atoms with Crippen molar-refractivity contribution in [1.82, 2.24) is 4.90 Å². The normalized spacial score (nSPS) is 13.4. The van der Waals surface area contributed by atoms with Gasteiger partial charge in [-0.3, -0.25) is 4.90 Å². The number of likely N-dealkylation sites (N-methyl/N-ethyl adjacent to an activating group) is 1. The highest BCUT2D eigenvalue weighted by atomic mass is 16.3. The first kappa shape index (κ1) is 13.2. The summed E-state index contributed by atoms with van der Waals surface area (Å²) in [4.78, 5) is 2.33. The Bertz CT molecular complexity index is 284. The zero-order valence-electron chi connectivity index (χ0n) is 10.6. The lowest BCUT2D eigenvalue weighted by Gasteiger charge is -2.32. The quantitative estimate of drug-likeness (QED) is 0.798. The molecular formula is C14H23NO. The zero-order chi connectivity index (χ0) is 12.0. The lowest BCUT2D eigenvalue weighted by atomic mass is 10.0. The molecule has 1 aromatic carbocycles. The number of aliphatic hydroxyl groups excluding tert-OH is 1. The molecule has 16 heavy (non-hydrogen) atoms. The maximum atomic E-state index is 9.43. The third kappa shape index (κ3) is 3.62. The monoisotopic (exact) mass is 221 g/mol. The average Bonchev–Trinajstić information content (AvgIpc) is 2.29. The van der Waals surface area contributed by atoms with Crippen LogP contribution in [0.2, 0.25) is 0 Å². The lowest BCUT2D eigenvalue weighted by molar-refractivity contribution is 0.0894. The van der Waals surface area contributed by atoms with Crippen LogP contribution in [0.4, 0.5) is 0 Å². The van der Waals surface area contributed by atoms with Crippen molar-refractivity contribution in [2.75, 3.05) is 13.2 Å². The summed E-state index contributed by atoms with van der Waals surface area (Å²) in [6.45, 7) is 8.59. The Kier molecular flexibility index (Phi) is 5.50. The van der Waals surface area contributed by atoms with E-state index < -0.39 is 0 Å². The SMILES string of the molecule is CCN(Cc1ccccc1)C(CO)C(C)C. The number of hydrogen-bond acceptors (Lipinski definition) is 2. The standard InChI is InChI=1S/C14H23NO/c1-4-15(14(11-16)12(2)3)10-13-8-6-5-7-9-13/h5-9,12,14,16H,4,10-11H2,1-3H3. The first-order chi connectivity index (χ1) is 7.69. The minimum Gasteiger partial charge on any atom is -0.395 e. The van der Waals surface area contributed by atoms with Gasteiger partial charge in [0.2, 0.25) is 0 Å². The summed E-state index contributed by atoms with van der Waals surface area (Å²) in [5, 5.41) is 9.43. The first-order valence-electron chi connectivity index (χ1n) is 6.07. The summed E-state index contributed by atoms with van der Waals surface area (Å²) in [5.41, 5.74) is 1.31. The van der Waals surface area contributed by atoms with Crippen molar-refractivity contribution in [3.8, 4) is 0 Å². The van der Waals surface area contributed by atoms with Gasteiger partial charge in [-0.05, 0) is 18.0 Å². The highest BCUT2D eigenvalue weighted by molar-refractivity contribution is 5.14. The second-order valence-corrected chi connectivity index (χ2v) is 4.54. The lowest BCUT2D eigenvalue weighted by Crippen LogP contribution is -2.41. The van der Waals surface area contributed by atoms with Crippen molar-refractivity contribution >= 4 is 0 Å². The Morgan fingerprint density at radius 3 is 2.25 bits per heavy atom. The van der Waals surface area contributed by atoms with Gasteiger partial charge in [-0.15, -0.1) is 0 Å². The molecule has 1 aromatic rings. The summed E-state index contributed by atoms with van der Waals surface area (Å²) in [5.74, 6) is 0.480. The molecule has 0 aliphatic heterocycles. The molecule has 0 spiro atoms. The minimum absolute atomic E-state index is 0.234. The van der Waals surface area contributed by atoms with E-state index in [0.29, 0.717) is 5.92 Å². The minimum atomic E-state index is 0.234. The summed E-state index contributed by atoms with van der Waals surface area (Å²) in [6, 6.07) is 10.7. The number of hydrogen-bond donors (Lipinski definition) is 1. The van der Waals surface area contributed by atoms with E-state index in [1.807, 2.05) is 6.07 Å². The topological polar surface area (TPSA) is 23.5 Å². The molecule has 0 aliphatic carbocycles. The van der Waals surface area contributed by atoms with Crippen LogP contribution < -0.4 is 0 Å². The maximum absolute atomic E-state index is 9.43. The van der Waals surface area contributed by atoms with Gasteiger partial charge in [-0.25, -0.2) is 0 Å². The summed E-state index contributed by atoms with van der Waals surface area (Å²) in [6.07, 6.45) is 0. The van der Waals surface area contributed by atoms with E-state index in [1.165, 1.54) is 5.56 Å². The predicted octanol–water partition coefficient (Wildman–Crippen LogP) is 2.53.